The van der Waals surface area contributed by atoms with E-state index < -0.39 is 0 Å². The van der Waals surface area contributed by atoms with Gasteiger partial charge in [0.25, 0.3) is 0 Å². The molecule has 0 unspecified atom stereocenters. The predicted octanol–water partition coefficient (Wildman–Crippen LogP) is 3.63. The first-order chi connectivity index (χ1) is 13.1. The van der Waals surface area contributed by atoms with Gasteiger partial charge < -0.3 is 20.3 Å². The van der Waals surface area contributed by atoms with E-state index in [0.717, 1.165) is 30.7 Å². The number of nitrogens with zero attached hydrogens (tertiary/aromatic N) is 1. The lowest BCUT2D eigenvalue weighted by Crippen LogP contribution is -2.50. The molecule has 1 aromatic rings. The SMILES string of the molecule is COc1ccc(NC(=O)N2CCC[C@@H](C(=O)N[C@H]3CCCC[C@H]3C)C2)cc1. The molecule has 1 aromatic carbocycles. The summed E-state index contributed by atoms with van der Waals surface area (Å²) < 4.78 is 5.13. The minimum atomic E-state index is -0.149. The Hall–Kier alpha value is -2.24. The van der Waals surface area contributed by atoms with Crippen molar-refractivity contribution in [1.82, 2.24) is 10.2 Å². The third-order valence-electron chi connectivity index (χ3n) is 5.86. The van der Waals surface area contributed by atoms with Gasteiger partial charge in [0.2, 0.25) is 5.91 Å². The Balaban J connectivity index is 1.53. The maximum absolute atomic E-state index is 12.7. The highest BCUT2D eigenvalue weighted by Gasteiger charge is 2.31. The van der Waals surface area contributed by atoms with E-state index in [2.05, 4.69) is 17.6 Å². The van der Waals surface area contributed by atoms with Crippen LogP contribution in [0, 0.1) is 11.8 Å². The molecule has 2 N–H and O–H groups in total. The second-order valence-corrected chi connectivity index (χ2v) is 7.82. The molecule has 1 heterocycles. The maximum Gasteiger partial charge on any atom is 0.321 e. The number of hydrogen-bond donors (Lipinski definition) is 2. The molecule has 0 radical (unpaired) electrons. The maximum atomic E-state index is 12.7. The minimum Gasteiger partial charge on any atom is -0.497 e. The lowest BCUT2D eigenvalue weighted by molar-refractivity contribution is -0.127. The van der Waals surface area contributed by atoms with E-state index in [1.54, 1.807) is 12.0 Å². The number of nitrogens with one attached hydrogen (secondary N) is 2. The summed E-state index contributed by atoms with van der Waals surface area (Å²) in [6, 6.07) is 7.39. The highest BCUT2D eigenvalue weighted by Crippen LogP contribution is 2.25. The highest BCUT2D eigenvalue weighted by atomic mass is 16.5. The Labute approximate surface area is 161 Å². The normalized spacial score (nSPS) is 25.6. The number of methoxy groups -OCH3 is 1. The van der Waals surface area contributed by atoms with Gasteiger partial charge in [0.05, 0.1) is 13.0 Å². The third-order valence-corrected chi connectivity index (χ3v) is 5.86. The van der Waals surface area contributed by atoms with Crippen LogP contribution in [-0.4, -0.2) is 43.1 Å². The first kappa shape index (κ1) is 19.5. The molecule has 0 bridgehead atoms. The van der Waals surface area contributed by atoms with Crippen LogP contribution in [-0.2, 0) is 4.79 Å². The van der Waals surface area contributed by atoms with Crippen molar-refractivity contribution in [3.05, 3.63) is 24.3 Å². The van der Waals surface area contributed by atoms with Gasteiger partial charge in [-0.1, -0.05) is 19.8 Å². The first-order valence-corrected chi connectivity index (χ1v) is 10.1. The second kappa shape index (κ2) is 9.11. The minimum absolute atomic E-state index is 0.107. The summed E-state index contributed by atoms with van der Waals surface area (Å²) in [6.07, 6.45) is 6.41. The first-order valence-electron chi connectivity index (χ1n) is 10.1. The Kier molecular flexibility index (Phi) is 6.58. The molecular formula is C21H31N3O3. The van der Waals surface area contributed by atoms with Crippen molar-refractivity contribution in [1.29, 1.82) is 0 Å². The third kappa shape index (κ3) is 5.15. The van der Waals surface area contributed by atoms with Gasteiger partial charge in [-0.15, -0.1) is 0 Å². The number of benzene rings is 1. The summed E-state index contributed by atoms with van der Waals surface area (Å²) in [5.74, 6) is 1.28. The fraction of sp³-hybridized carbons (Fsp3) is 0.619. The summed E-state index contributed by atoms with van der Waals surface area (Å²) >= 11 is 0. The van der Waals surface area contributed by atoms with Crippen molar-refractivity contribution in [3.63, 3.8) is 0 Å². The van der Waals surface area contributed by atoms with Gasteiger partial charge in [0, 0.05) is 24.8 Å². The Bertz CT molecular complexity index is 647. The largest absolute Gasteiger partial charge is 0.497 e. The van der Waals surface area contributed by atoms with Crippen LogP contribution in [0.5, 0.6) is 5.75 Å². The van der Waals surface area contributed by atoms with Gasteiger partial charge in [0.15, 0.2) is 0 Å². The summed E-state index contributed by atoms with van der Waals surface area (Å²) in [4.78, 5) is 27.1. The van der Waals surface area contributed by atoms with Crippen molar-refractivity contribution in [2.24, 2.45) is 11.8 Å². The Morgan fingerprint density at radius 2 is 1.81 bits per heavy atom. The molecule has 6 heteroatoms. The molecule has 3 amide bonds. The Morgan fingerprint density at radius 3 is 2.52 bits per heavy atom. The lowest BCUT2D eigenvalue weighted by atomic mass is 9.85. The van der Waals surface area contributed by atoms with E-state index in [1.807, 2.05) is 24.3 Å². The molecule has 0 aromatic heterocycles. The molecule has 3 rings (SSSR count). The summed E-state index contributed by atoms with van der Waals surface area (Å²) in [7, 11) is 1.61. The number of rotatable bonds is 4. The molecule has 1 aliphatic heterocycles. The number of hydrogen-bond acceptors (Lipinski definition) is 3. The van der Waals surface area contributed by atoms with Crippen LogP contribution in [0.1, 0.15) is 45.4 Å². The van der Waals surface area contributed by atoms with Crippen molar-refractivity contribution >= 4 is 17.6 Å². The van der Waals surface area contributed by atoms with E-state index in [1.165, 1.54) is 19.3 Å². The zero-order chi connectivity index (χ0) is 19.2. The van der Waals surface area contributed by atoms with Crippen LogP contribution < -0.4 is 15.4 Å². The van der Waals surface area contributed by atoms with E-state index in [9.17, 15) is 9.59 Å². The van der Waals surface area contributed by atoms with Crippen LogP contribution >= 0.6 is 0 Å². The van der Waals surface area contributed by atoms with Gasteiger partial charge in [-0.25, -0.2) is 4.79 Å². The van der Waals surface area contributed by atoms with Crippen LogP contribution in [0.2, 0.25) is 0 Å². The average Bonchev–Trinajstić information content (AvgIpc) is 2.70. The number of carbonyl (C=O) groups is 2. The monoisotopic (exact) mass is 373 g/mol. The van der Waals surface area contributed by atoms with E-state index >= 15 is 0 Å². The van der Waals surface area contributed by atoms with E-state index in [-0.39, 0.29) is 23.9 Å². The van der Waals surface area contributed by atoms with Crippen LogP contribution in [0.4, 0.5) is 10.5 Å². The molecule has 2 aliphatic rings. The number of amides is 3. The molecule has 1 saturated carbocycles. The second-order valence-electron chi connectivity index (χ2n) is 7.82. The lowest BCUT2D eigenvalue weighted by Gasteiger charge is -2.35. The quantitative estimate of drug-likeness (QED) is 0.847. The predicted molar refractivity (Wildman–Crippen MR) is 106 cm³/mol. The average molecular weight is 373 g/mol. The zero-order valence-corrected chi connectivity index (χ0v) is 16.4. The topological polar surface area (TPSA) is 70.7 Å². The number of piperidine rings is 1. The molecule has 2 fully saturated rings. The van der Waals surface area contributed by atoms with Crippen molar-refractivity contribution in [3.8, 4) is 5.75 Å². The van der Waals surface area contributed by atoms with E-state index in [0.29, 0.717) is 19.0 Å². The molecule has 1 saturated heterocycles. The molecule has 1 aliphatic carbocycles. The van der Waals surface area contributed by atoms with Crippen LogP contribution in [0.3, 0.4) is 0 Å². The number of likely N-dealkylation sites (tertiary alicyclic amines) is 1. The van der Waals surface area contributed by atoms with Crippen molar-refractivity contribution < 1.29 is 14.3 Å². The number of carbonyl (C=O) groups excluding carboxylic acids is 2. The zero-order valence-electron chi connectivity index (χ0n) is 16.4. The molecule has 6 nitrogen and oxygen atoms in total. The summed E-state index contributed by atoms with van der Waals surface area (Å²) in [6.45, 7) is 3.39. The number of urea groups is 1. The number of ether oxygens (including phenoxy) is 1. The van der Waals surface area contributed by atoms with Gasteiger partial charge in [-0.05, 0) is 55.9 Å². The van der Waals surface area contributed by atoms with Gasteiger partial charge >= 0.3 is 6.03 Å². The molecule has 27 heavy (non-hydrogen) atoms. The van der Waals surface area contributed by atoms with Gasteiger partial charge in [0.1, 0.15) is 5.75 Å². The summed E-state index contributed by atoms with van der Waals surface area (Å²) in [5, 5.41) is 6.16. The highest BCUT2D eigenvalue weighted by molar-refractivity contribution is 5.90. The van der Waals surface area contributed by atoms with Gasteiger partial charge in [-0.3, -0.25) is 4.79 Å². The van der Waals surface area contributed by atoms with Gasteiger partial charge in [-0.2, -0.15) is 0 Å². The van der Waals surface area contributed by atoms with Crippen molar-refractivity contribution in [2.45, 2.75) is 51.5 Å². The molecular weight excluding hydrogens is 342 g/mol. The molecule has 148 valence electrons. The molecule has 0 spiro atoms. The molecule has 3 atom stereocenters. The standard InChI is InChI=1S/C21H31N3O3/c1-15-6-3-4-8-19(15)23-20(25)16-7-5-13-24(14-16)21(26)22-17-9-11-18(27-2)12-10-17/h9-12,15-16,19H,3-8,13-14H2,1-2H3,(H,22,26)(H,23,25)/t15-,16-,19+/m1/s1. The van der Waals surface area contributed by atoms with E-state index in [4.69, 9.17) is 4.74 Å². The van der Waals surface area contributed by atoms with Crippen LogP contribution in [0.25, 0.3) is 0 Å². The fourth-order valence-electron chi connectivity index (χ4n) is 4.08. The fourth-order valence-corrected chi connectivity index (χ4v) is 4.08. The summed E-state index contributed by atoms with van der Waals surface area (Å²) in [5.41, 5.74) is 0.725. The number of anilines is 1. The smallest absolute Gasteiger partial charge is 0.321 e. The van der Waals surface area contributed by atoms with Crippen molar-refractivity contribution in [2.75, 3.05) is 25.5 Å². The van der Waals surface area contributed by atoms with Crippen LogP contribution in [0.15, 0.2) is 24.3 Å². The Morgan fingerprint density at radius 1 is 1.07 bits per heavy atom.